The first-order chi connectivity index (χ1) is 15.0. The van der Waals surface area contributed by atoms with Crippen molar-refractivity contribution in [3.05, 3.63) is 112 Å². The number of aryl methyl sites for hydroxylation is 2. The second-order valence-corrected chi connectivity index (χ2v) is 7.26. The molecule has 154 valence electrons. The summed E-state index contributed by atoms with van der Waals surface area (Å²) in [7, 11) is 0. The summed E-state index contributed by atoms with van der Waals surface area (Å²) >= 11 is 0. The number of para-hydroxylation sites is 1. The van der Waals surface area contributed by atoms with Gasteiger partial charge in [-0.3, -0.25) is 19.6 Å². The molecule has 0 fully saturated rings. The van der Waals surface area contributed by atoms with Gasteiger partial charge in [-0.1, -0.05) is 30.3 Å². The number of nitrogens with zero attached hydrogens (tertiary/aromatic N) is 3. The summed E-state index contributed by atoms with van der Waals surface area (Å²) in [6.45, 7) is 4.16. The van der Waals surface area contributed by atoms with Crippen molar-refractivity contribution >= 4 is 11.6 Å². The standard InChI is InChI=1S/C25H22N4O2/c1-17-9-3-4-11-20(17)28-25(31)23-22(30)15-18(2)29(16-19-10-5-7-13-26-19)24(23)21-12-6-8-14-27-21/h3-15H,16H2,1-2H3,(H,28,31). The number of hydrogen-bond acceptors (Lipinski definition) is 4. The molecular weight excluding hydrogens is 388 g/mol. The van der Waals surface area contributed by atoms with Crippen LogP contribution in [0, 0.1) is 13.8 Å². The minimum atomic E-state index is -0.463. The summed E-state index contributed by atoms with van der Waals surface area (Å²) in [4.78, 5) is 35.2. The Labute approximate surface area is 180 Å². The van der Waals surface area contributed by atoms with Gasteiger partial charge in [-0.25, -0.2) is 0 Å². The van der Waals surface area contributed by atoms with Crippen LogP contribution in [0.4, 0.5) is 5.69 Å². The van der Waals surface area contributed by atoms with Crippen LogP contribution in [0.25, 0.3) is 11.4 Å². The molecule has 3 aromatic heterocycles. The van der Waals surface area contributed by atoms with E-state index in [2.05, 4.69) is 15.3 Å². The summed E-state index contributed by atoms with van der Waals surface area (Å²) in [5.41, 5.74) is 3.86. The van der Waals surface area contributed by atoms with Crippen molar-refractivity contribution in [3.8, 4) is 11.4 Å². The highest BCUT2D eigenvalue weighted by atomic mass is 16.2. The number of carbonyl (C=O) groups excluding carboxylic acids is 1. The molecule has 0 bridgehead atoms. The average Bonchev–Trinajstić information content (AvgIpc) is 2.78. The molecular formula is C25H22N4O2. The van der Waals surface area contributed by atoms with Crippen molar-refractivity contribution in [3.63, 3.8) is 0 Å². The molecule has 0 aliphatic rings. The summed E-state index contributed by atoms with van der Waals surface area (Å²) in [6, 6.07) is 20.1. The molecule has 0 unspecified atom stereocenters. The third kappa shape index (κ3) is 4.28. The average molecular weight is 410 g/mol. The molecule has 1 aromatic carbocycles. The normalized spacial score (nSPS) is 10.6. The lowest BCUT2D eigenvalue weighted by Gasteiger charge is -2.20. The van der Waals surface area contributed by atoms with Gasteiger partial charge in [0, 0.05) is 29.8 Å². The Bertz CT molecular complexity index is 1280. The van der Waals surface area contributed by atoms with Crippen LogP contribution >= 0.6 is 0 Å². The molecule has 6 heteroatoms. The zero-order valence-corrected chi connectivity index (χ0v) is 17.4. The Morgan fingerprint density at radius 2 is 1.65 bits per heavy atom. The molecule has 0 spiro atoms. The number of carbonyl (C=O) groups is 1. The number of aromatic nitrogens is 3. The van der Waals surface area contributed by atoms with Crippen LogP contribution in [0.5, 0.6) is 0 Å². The van der Waals surface area contributed by atoms with Crippen molar-refractivity contribution < 1.29 is 4.79 Å². The monoisotopic (exact) mass is 410 g/mol. The van der Waals surface area contributed by atoms with E-state index in [1.165, 1.54) is 6.07 Å². The van der Waals surface area contributed by atoms with E-state index in [9.17, 15) is 9.59 Å². The van der Waals surface area contributed by atoms with Gasteiger partial charge < -0.3 is 9.88 Å². The van der Waals surface area contributed by atoms with Gasteiger partial charge in [0.05, 0.1) is 23.6 Å². The molecule has 0 atom stereocenters. The SMILES string of the molecule is Cc1ccccc1NC(=O)c1c(-c2ccccn2)n(Cc2ccccn2)c(C)cc1=O. The molecule has 0 aliphatic heterocycles. The van der Waals surface area contributed by atoms with E-state index in [1.807, 2.05) is 66.9 Å². The van der Waals surface area contributed by atoms with Gasteiger partial charge in [0.1, 0.15) is 5.56 Å². The van der Waals surface area contributed by atoms with Crippen LogP contribution in [-0.4, -0.2) is 20.4 Å². The van der Waals surface area contributed by atoms with E-state index in [1.54, 1.807) is 24.5 Å². The van der Waals surface area contributed by atoms with Crippen LogP contribution in [-0.2, 0) is 6.54 Å². The molecule has 1 N–H and O–H groups in total. The molecule has 0 radical (unpaired) electrons. The van der Waals surface area contributed by atoms with Crippen molar-refractivity contribution in [1.82, 2.24) is 14.5 Å². The van der Waals surface area contributed by atoms with Gasteiger partial charge in [-0.2, -0.15) is 0 Å². The fourth-order valence-electron chi connectivity index (χ4n) is 3.51. The first-order valence-electron chi connectivity index (χ1n) is 9.97. The molecule has 1 amide bonds. The Hall–Kier alpha value is -4.06. The molecule has 4 aromatic rings. The predicted molar refractivity (Wildman–Crippen MR) is 121 cm³/mol. The molecule has 0 saturated heterocycles. The fourth-order valence-corrected chi connectivity index (χ4v) is 3.51. The Kier molecular flexibility index (Phi) is 5.71. The summed E-state index contributed by atoms with van der Waals surface area (Å²) in [6.07, 6.45) is 3.37. The third-order valence-corrected chi connectivity index (χ3v) is 5.09. The number of amides is 1. The van der Waals surface area contributed by atoms with Crippen molar-refractivity contribution in [2.45, 2.75) is 20.4 Å². The Morgan fingerprint density at radius 1 is 0.935 bits per heavy atom. The zero-order chi connectivity index (χ0) is 21.8. The maximum atomic E-state index is 13.3. The van der Waals surface area contributed by atoms with Crippen LogP contribution < -0.4 is 10.7 Å². The smallest absolute Gasteiger partial charge is 0.261 e. The van der Waals surface area contributed by atoms with Gasteiger partial charge in [0.2, 0.25) is 0 Å². The minimum absolute atomic E-state index is 0.0588. The highest BCUT2D eigenvalue weighted by molar-refractivity contribution is 6.08. The van der Waals surface area contributed by atoms with E-state index < -0.39 is 5.91 Å². The van der Waals surface area contributed by atoms with E-state index in [0.29, 0.717) is 23.6 Å². The van der Waals surface area contributed by atoms with E-state index in [-0.39, 0.29) is 11.0 Å². The summed E-state index contributed by atoms with van der Waals surface area (Å²) < 4.78 is 1.92. The van der Waals surface area contributed by atoms with Gasteiger partial charge >= 0.3 is 0 Å². The largest absolute Gasteiger partial charge is 0.337 e. The predicted octanol–water partition coefficient (Wildman–Crippen LogP) is 4.22. The number of hydrogen-bond donors (Lipinski definition) is 1. The Balaban J connectivity index is 1.90. The van der Waals surface area contributed by atoms with Crippen LogP contribution in [0.1, 0.15) is 27.3 Å². The topological polar surface area (TPSA) is 76.9 Å². The maximum absolute atomic E-state index is 13.3. The van der Waals surface area contributed by atoms with Crippen molar-refractivity contribution in [2.75, 3.05) is 5.32 Å². The molecule has 6 nitrogen and oxygen atoms in total. The van der Waals surface area contributed by atoms with E-state index >= 15 is 0 Å². The lowest BCUT2D eigenvalue weighted by atomic mass is 10.1. The lowest BCUT2D eigenvalue weighted by Crippen LogP contribution is -2.27. The highest BCUT2D eigenvalue weighted by Gasteiger charge is 2.23. The molecule has 0 aliphatic carbocycles. The number of anilines is 1. The van der Waals surface area contributed by atoms with Crippen LogP contribution in [0.2, 0.25) is 0 Å². The maximum Gasteiger partial charge on any atom is 0.261 e. The summed E-state index contributed by atoms with van der Waals surface area (Å²) in [5, 5.41) is 2.89. The number of benzene rings is 1. The number of rotatable bonds is 5. The van der Waals surface area contributed by atoms with E-state index in [4.69, 9.17) is 0 Å². The van der Waals surface area contributed by atoms with Crippen LogP contribution in [0.3, 0.4) is 0 Å². The quantitative estimate of drug-likeness (QED) is 0.534. The first-order valence-corrected chi connectivity index (χ1v) is 9.97. The van der Waals surface area contributed by atoms with Gasteiger partial charge in [-0.05, 0) is 49.7 Å². The van der Waals surface area contributed by atoms with Gasteiger partial charge in [0.15, 0.2) is 5.43 Å². The second kappa shape index (κ2) is 8.75. The van der Waals surface area contributed by atoms with Crippen molar-refractivity contribution in [1.29, 1.82) is 0 Å². The second-order valence-electron chi connectivity index (χ2n) is 7.26. The fraction of sp³-hybridized carbons (Fsp3) is 0.120. The number of nitrogens with one attached hydrogen (secondary N) is 1. The number of pyridine rings is 3. The lowest BCUT2D eigenvalue weighted by molar-refractivity contribution is 0.102. The molecule has 0 saturated carbocycles. The molecule has 31 heavy (non-hydrogen) atoms. The zero-order valence-electron chi connectivity index (χ0n) is 17.4. The first kappa shape index (κ1) is 20.2. The van der Waals surface area contributed by atoms with Crippen LogP contribution in [0.15, 0.2) is 83.9 Å². The minimum Gasteiger partial charge on any atom is -0.337 e. The summed E-state index contributed by atoms with van der Waals surface area (Å²) in [5.74, 6) is -0.463. The van der Waals surface area contributed by atoms with Crippen molar-refractivity contribution in [2.24, 2.45) is 0 Å². The molecule has 4 rings (SSSR count). The molecule has 3 heterocycles. The van der Waals surface area contributed by atoms with Gasteiger partial charge in [-0.15, -0.1) is 0 Å². The third-order valence-electron chi connectivity index (χ3n) is 5.09. The Morgan fingerprint density at radius 3 is 2.32 bits per heavy atom. The van der Waals surface area contributed by atoms with Gasteiger partial charge in [0.25, 0.3) is 5.91 Å². The highest BCUT2D eigenvalue weighted by Crippen LogP contribution is 2.24. The van der Waals surface area contributed by atoms with E-state index in [0.717, 1.165) is 17.0 Å².